The highest BCUT2D eigenvalue weighted by atomic mass is 16.5. The van der Waals surface area contributed by atoms with Crippen molar-refractivity contribution in [2.75, 3.05) is 18.5 Å². The van der Waals surface area contributed by atoms with Gasteiger partial charge in [-0.1, -0.05) is 18.2 Å². The topological polar surface area (TPSA) is 47.0 Å². The molecule has 0 fully saturated rings. The third-order valence-electron chi connectivity index (χ3n) is 2.70. The van der Waals surface area contributed by atoms with E-state index >= 15 is 0 Å². The summed E-state index contributed by atoms with van der Waals surface area (Å²) in [7, 11) is 0. The van der Waals surface area contributed by atoms with Crippen LogP contribution >= 0.6 is 0 Å². The summed E-state index contributed by atoms with van der Waals surface area (Å²) in [6, 6.07) is 7.94. The quantitative estimate of drug-likeness (QED) is 0.880. The predicted octanol–water partition coefficient (Wildman–Crippen LogP) is 2.86. The van der Waals surface area contributed by atoms with Crippen LogP contribution in [-0.2, 0) is 4.74 Å². The summed E-state index contributed by atoms with van der Waals surface area (Å²) in [6.07, 6.45) is 1.83. The van der Waals surface area contributed by atoms with Crippen molar-refractivity contribution in [2.24, 2.45) is 0 Å². The molecular formula is C14H19N3O. The first-order chi connectivity index (χ1) is 8.61. The lowest BCUT2D eigenvalue weighted by Gasteiger charge is -2.24. The Balaban J connectivity index is 2.08. The molecule has 1 aromatic heterocycles. The molecule has 0 amide bonds. The van der Waals surface area contributed by atoms with Gasteiger partial charge in [0.25, 0.3) is 0 Å². The summed E-state index contributed by atoms with van der Waals surface area (Å²) in [4.78, 5) is 8.75. The third kappa shape index (κ3) is 3.17. The van der Waals surface area contributed by atoms with Crippen LogP contribution in [0.3, 0.4) is 0 Å². The first-order valence-electron chi connectivity index (χ1n) is 6.20. The van der Waals surface area contributed by atoms with Crippen LogP contribution in [-0.4, -0.2) is 28.7 Å². The molecule has 18 heavy (non-hydrogen) atoms. The van der Waals surface area contributed by atoms with Gasteiger partial charge in [-0.25, -0.2) is 9.97 Å². The van der Waals surface area contributed by atoms with Gasteiger partial charge in [0.05, 0.1) is 11.1 Å². The van der Waals surface area contributed by atoms with Crippen LogP contribution < -0.4 is 5.32 Å². The largest absolute Gasteiger partial charge is 0.374 e. The van der Waals surface area contributed by atoms with E-state index in [0.717, 1.165) is 10.9 Å². The maximum absolute atomic E-state index is 5.62. The molecule has 4 nitrogen and oxygen atoms in total. The van der Waals surface area contributed by atoms with Crippen LogP contribution in [0.5, 0.6) is 0 Å². The van der Waals surface area contributed by atoms with E-state index in [-0.39, 0.29) is 5.60 Å². The van der Waals surface area contributed by atoms with Gasteiger partial charge >= 0.3 is 0 Å². The molecule has 0 aliphatic carbocycles. The summed E-state index contributed by atoms with van der Waals surface area (Å²) in [5.74, 6) is 0.640. The molecule has 0 aliphatic rings. The lowest BCUT2D eigenvalue weighted by atomic mass is 10.1. The van der Waals surface area contributed by atoms with E-state index < -0.39 is 0 Å². The van der Waals surface area contributed by atoms with E-state index in [9.17, 15) is 0 Å². The second-order valence-electron chi connectivity index (χ2n) is 4.80. The lowest BCUT2D eigenvalue weighted by molar-refractivity contribution is 0.000586. The Morgan fingerprint density at radius 1 is 1.28 bits per heavy atom. The Kier molecular flexibility index (Phi) is 3.77. The molecule has 4 heteroatoms. The first-order valence-corrected chi connectivity index (χ1v) is 6.20. The van der Waals surface area contributed by atoms with Crippen molar-refractivity contribution >= 4 is 16.9 Å². The molecule has 0 radical (unpaired) electrons. The zero-order valence-electron chi connectivity index (χ0n) is 11.1. The number of nitrogens with zero attached hydrogens (tertiary/aromatic N) is 2. The molecule has 0 atom stereocenters. The molecule has 96 valence electrons. The van der Waals surface area contributed by atoms with Crippen LogP contribution in [0.25, 0.3) is 10.9 Å². The number of para-hydroxylation sites is 1. The van der Waals surface area contributed by atoms with Crippen molar-refractivity contribution in [1.29, 1.82) is 0 Å². The van der Waals surface area contributed by atoms with Crippen LogP contribution in [0.15, 0.2) is 30.5 Å². The molecule has 0 saturated carbocycles. The Labute approximate surface area is 107 Å². The van der Waals surface area contributed by atoms with E-state index in [4.69, 9.17) is 4.74 Å². The van der Waals surface area contributed by atoms with Gasteiger partial charge in [-0.05, 0) is 26.8 Å². The number of aromatic nitrogens is 2. The molecule has 1 aromatic carbocycles. The standard InChI is InChI=1S/C14H19N3O/c1-4-18-14(2,3)10-16-13-15-9-11-7-5-6-8-12(11)17-13/h5-9H,4,10H2,1-3H3,(H,15,16,17). The van der Waals surface area contributed by atoms with E-state index in [1.54, 1.807) is 0 Å². The van der Waals surface area contributed by atoms with Gasteiger partial charge in [-0.15, -0.1) is 0 Å². The number of anilines is 1. The number of nitrogens with one attached hydrogen (secondary N) is 1. The van der Waals surface area contributed by atoms with Gasteiger partial charge in [-0.3, -0.25) is 0 Å². The van der Waals surface area contributed by atoms with Crippen LogP contribution in [0, 0.1) is 0 Å². The number of ether oxygens (including phenoxy) is 1. The summed E-state index contributed by atoms with van der Waals surface area (Å²) < 4.78 is 5.62. The summed E-state index contributed by atoms with van der Waals surface area (Å²) in [5, 5.41) is 4.26. The second kappa shape index (κ2) is 5.31. The summed E-state index contributed by atoms with van der Waals surface area (Å²) in [6.45, 7) is 7.47. The van der Waals surface area contributed by atoms with E-state index in [0.29, 0.717) is 19.1 Å². The Morgan fingerprint density at radius 2 is 2.06 bits per heavy atom. The highest BCUT2D eigenvalue weighted by molar-refractivity contribution is 5.78. The molecule has 0 unspecified atom stereocenters. The average Bonchev–Trinajstić information content (AvgIpc) is 2.36. The van der Waals surface area contributed by atoms with E-state index in [1.807, 2.05) is 51.2 Å². The van der Waals surface area contributed by atoms with Crippen LogP contribution in [0.1, 0.15) is 20.8 Å². The maximum Gasteiger partial charge on any atom is 0.223 e. The zero-order chi connectivity index (χ0) is 13.0. The van der Waals surface area contributed by atoms with Gasteiger partial charge in [0.1, 0.15) is 0 Å². The van der Waals surface area contributed by atoms with Gasteiger partial charge in [0.2, 0.25) is 5.95 Å². The first kappa shape index (κ1) is 12.8. The van der Waals surface area contributed by atoms with Crippen molar-refractivity contribution < 1.29 is 4.74 Å². The van der Waals surface area contributed by atoms with Crippen molar-refractivity contribution in [1.82, 2.24) is 9.97 Å². The highest BCUT2D eigenvalue weighted by Gasteiger charge is 2.17. The number of hydrogen-bond donors (Lipinski definition) is 1. The maximum atomic E-state index is 5.62. The molecular weight excluding hydrogens is 226 g/mol. The van der Waals surface area contributed by atoms with E-state index in [2.05, 4.69) is 15.3 Å². The fraction of sp³-hybridized carbons (Fsp3) is 0.429. The Hall–Kier alpha value is -1.68. The smallest absolute Gasteiger partial charge is 0.223 e. The lowest BCUT2D eigenvalue weighted by Crippen LogP contribution is -2.33. The fourth-order valence-electron chi connectivity index (χ4n) is 1.79. The third-order valence-corrected chi connectivity index (χ3v) is 2.70. The fourth-order valence-corrected chi connectivity index (χ4v) is 1.79. The minimum absolute atomic E-state index is 0.218. The predicted molar refractivity (Wildman–Crippen MR) is 73.7 cm³/mol. The van der Waals surface area contributed by atoms with Crippen molar-refractivity contribution in [3.05, 3.63) is 30.5 Å². The number of rotatable bonds is 5. The molecule has 1 N–H and O–H groups in total. The monoisotopic (exact) mass is 245 g/mol. The summed E-state index contributed by atoms with van der Waals surface area (Å²) in [5.41, 5.74) is 0.730. The van der Waals surface area contributed by atoms with Crippen LogP contribution in [0.2, 0.25) is 0 Å². The summed E-state index contributed by atoms with van der Waals surface area (Å²) >= 11 is 0. The molecule has 2 aromatic rings. The molecule has 2 rings (SSSR count). The second-order valence-corrected chi connectivity index (χ2v) is 4.80. The van der Waals surface area contributed by atoms with Crippen LogP contribution in [0.4, 0.5) is 5.95 Å². The zero-order valence-corrected chi connectivity index (χ0v) is 11.1. The van der Waals surface area contributed by atoms with Crippen molar-refractivity contribution in [3.8, 4) is 0 Å². The molecule has 0 bridgehead atoms. The normalized spacial score (nSPS) is 11.7. The Morgan fingerprint density at radius 3 is 2.83 bits per heavy atom. The Bertz CT molecular complexity index is 525. The average molecular weight is 245 g/mol. The van der Waals surface area contributed by atoms with E-state index in [1.165, 1.54) is 0 Å². The van der Waals surface area contributed by atoms with Crippen molar-refractivity contribution in [3.63, 3.8) is 0 Å². The minimum atomic E-state index is -0.218. The molecule has 0 saturated heterocycles. The minimum Gasteiger partial charge on any atom is -0.374 e. The molecule has 0 aliphatic heterocycles. The number of fused-ring (bicyclic) bond motifs is 1. The number of benzene rings is 1. The van der Waals surface area contributed by atoms with Gasteiger partial charge in [0.15, 0.2) is 0 Å². The van der Waals surface area contributed by atoms with Gasteiger partial charge < -0.3 is 10.1 Å². The molecule has 0 spiro atoms. The SMILES string of the molecule is CCOC(C)(C)CNc1ncc2ccccc2n1. The number of hydrogen-bond acceptors (Lipinski definition) is 4. The van der Waals surface area contributed by atoms with Gasteiger partial charge in [-0.2, -0.15) is 0 Å². The highest BCUT2D eigenvalue weighted by Crippen LogP contribution is 2.13. The van der Waals surface area contributed by atoms with Gasteiger partial charge in [0, 0.05) is 24.7 Å². The molecule has 1 heterocycles. The van der Waals surface area contributed by atoms with Crippen molar-refractivity contribution in [2.45, 2.75) is 26.4 Å².